The standard InChI is InChI=1S/C19H22N4O4/c1-26-15-7-6-14(13-16(15)27-2)21-18(24)19(25)23-11-9-22(10-12-23)17-5-3-4-8-20-17/h3-8,13H,9-12H2,1-2H3,(H,21,24). The highest BCUT2D eigenvalue weighted by Gasteiger charge is 2.26. The molecular weight excluding hydrogens is 348 g/mol. The van der Waals surface area contributed by atoms with Crippen LogP contribution < -0.4 is 19.7 Å². The highest BCUT2D eigenvalue weighted by molar-refractivity contribution is 6.39. The lowest BCUT2D eigenvalue weighted by molar-refractivity contribution is -0.143. The molecule has 27 heavy (non-hydrogen) atoms. The lowest BCUT2D eigenvalue weighted by Gasteiger charge is -2.35. The van der Waals surface area contributed by atoms with E-state index in [9.17, 15) is 9.59 Å². The SMILES string of the molecule is COc1ccc(NC(=O)C(=O)N2CCN(c3ccccn3)CC2)cc1OC. The molecule has 0 spiro atoms. The van der Waals surface area contributed by atoms with Crippen molar-refractivity contribution in [2.45, 2.75) is 0 Å². The van der Waals surface area contributed by atoms with Gasteiger partial charge in [-0.15, -0.1) is 0 Å². The van der Waals surface area contributed by atoms with Crippen molar-refractivity contribution in [3.05, 3.63) is 42.6 Å². The van der Waals surface area contributed by atoms with E-state index in [-0.39, 0.29) is 0 Å². The van der Waals surface area contributed by atoms with E-state index >= 15 is 0 Å². The first kappa shape index (κ1) is 18.5. The first-order valence-electron chi connectivity index (χ1n) is 8.60. The van der Waals surface area contributed by atoms with Gasteiger partial charge in [0, 0.05) is 44.1 Å². The number of hydrogen-bond donors (Lipinski definition) is 1. The number of rotatable bonds is 4. The third kappa shape index (κ3) is 4.28. The van der Waals surface area contributed by atoms with Crippen LogP contribution >= 0.6 is 0 Å². The lowest BCUT2D eigenvalue weighted by Crippen LogP contribution is -2.51. The topological polar surface area (TPSA) is 84.0 Å². The number of nitrogens with one attached hydrogen (secondary N) is 1. The Labute approximate surface area is 157 Å². The number of carbonyl (C=O) groups excluding carboxylic acids is 2. The van der Waals surface area contributed by atoms with Crippen molar-refractivity contribution in [1.82, 2.24) is 9.88 Å². The van der Waals surface area contributed by atoms with Crippen LogP contribution in [0.4, 0.5) is 11.5 Å². The van der Waals surface area contributed by atoms with Crippen LogP contribution in [0.5, 0.6) is 11.5 Å². The number of aromatic nitrogens is 1. The van der Waals surface area contributed by atoms with Crippen LogP contribution in [0.3, 0.4) is 0 Å². The number of carbonyl (C=O) groups is 2. The number of amides is 2. The van der Waals surface area contributed by atoms with Crippen molar-refractivity contribution < 1.29 is 19.1 Å². The predicted molar refractivity (Wildman–Crippen MR) is 101 cm³/mol. The Morgan fingerprint density at radius 1 is 1.00 bits per heavy atom. The fourth-order valence-electron chi connectivity index (χ4n) is 2.92. The normalized spacial score (nSPS) is 13.9. The van der Waals surface area contributed by atoms with Crippen molar-refractivity contribution in [1.29, 1.82) is 0 Å². The van der Waals surface area contributed by atoms with Crippen molar-refractivity contribution in [3.8, 4) is 11.5 Å². The zero-order valence-corrected chi connectivity index (χ0v) is 15.3. The van der Waals surface area contributed by atoms with Crippen LogP contribution in [0.1, 0.15) is 0 Å². The van der Waals surface area contributed by atoms with Crippen molar-refractivity contribution in [2.75, 3.05) is 50.6 Å². The molecule has 8 heteroatoms. The second-order valence-electron chi connectivity index (χ2n) is 5.99. The number of ether oxygens (including phenoxy) is 2. The molecule has 1 aromatic heterocycles. The highest BCUT2D eigenvalue weighted by atomic mass is 16.5. The second-order valence-corrected chi connectivity index (χ2v) is 5.99. The Kier molecular flexibility index (Phi) is 5.75. The van der Waals surface area contributed by atoms with Crippen molar-refractivity contribution >= 4 is 23.3 Å². The van der Waals surface area contributed by atoms with E-state index < -0.39 is 11.8 Å². The van der Waals surface area contributed by atoms with E-state index in [1.165, 1.54) is 14.2 Å². The summed E-state index contributed by atoms with van der Waals surface area (Å²) in [7, 11) is 3.04. The molecule has 1 fully saturated rings. The van der Waals surface area contributed by atoms with Crippen LogP contribution in [-0.2, 0) is 9.59 Å². The molecule has 142 valence electrons. The minimum absolute atomic E-state index is 0.467. The summed E-state index contributed by atoms with van der Waals surface area (Å²) >= 11 is 0. The quantitative estimate of drug-likeness (QED) is 0.819. The predicted octanol–water partition coefficient (Wildman–Crippen LogP) is 1.39. The van der Waals surface area contributed by atoms with E-state index in [0.29, 0.717) is 43.4 Å². The smallest absolute Gasteiger partial charge is 0.313 e. The average Bonchev–Trinajstić information content (AvgIpc) is 2.73. The van der Waals surface area contributed by atoms with Gasteiger partial charge in [0.05, 0.1) is 14.2 Å². The molecule has 0 aliphatic carbocycles. The van der Waals surface area contributed by atoms with Crippen molar-refractivity contribution in [3.63, 3.8) is 0 Å². The van der Waals surface area contributed by atoms with Crippen LogP contribution in [-0.4, -0.2) is 62.1 Å². The third-order valence-electron chi connectivity index (χ3n) is 4.38. The number of piperazine rings is 1. The summed E-state index contributed by atoms with van der Waals surface area (Å²) in [4.78, 5) is 32.7. The summed E-state index contributed by atoms with van der Waals surface area (Å²) in [5, 5.41) is 2.62. The number of methoxy groups -OCH3 is 2. The zero-order chi connectivity index (χ0) is 19.2. The fraction of sp³-hybridized carbons (Fsp3) is 0.316. The van der Waals surface area contributed by atoms with Gasteiger partial charge in [0.1, 0.15) is 5.82 Å². The molecular formula is C19H22N4O4. The average molecular weight is 370 g/mol. The Bertz CT molecular complexity index is 805. The molecule has 2 aromatic rings. The van der Waals surface area contributed by atoms with E-state index in [4.69, 9.17) is 9.47 Å². The molecule has 0 atom stereocenters. The largest absolute Gasteiger partial charge is 0.493 e. The maximum absolute atomic E-state index is 12.4. The van der Waals surface area contributed by atoms with Crippen LogP contribution in [0.15, 0.2) is 42.6 Å². The van der Waals surface area contributed by atoms with Gasteiger partial charge >= 0.3 is 11.8 Å². The van der Waals surface area contributed by atoms with Gasteiger partial charge in [-0.1, -0.05) is 6.07 Å². The molecule has 1 N–H and O–H groups in total. The molecule has 2 amide bonds. The van der Waals surface area contributed by atoms with E-state index in [1.807, 2.05) is 18.2 Å². The van der Waals surface area contributed by atoms with Gasteiger partial charge in [0.25, 0.3) is 0 Å². The van der Waals surface area contributed by atoms with E-state index in [0.717, 1.165) is 5.82 Å². The van der Waals surface area contributed by atoms with E-state index in [1.54, 1.807) is 29.3 Å². The summed E-state index contributed by atoms with van der Waals surface area (Å²) in [5.41, 5.74) is 0.470. The Hall–Kier alpha value is -3.29. The molecule has 0 radical (unpaired) electrons. The second kappa shape index (κ2) is 8.39. The number of anilines is 2. The maximum Gasteiger partial charge on any atom is 0.313 e. The molecule has 2 heterocycles. The monoisotopic (exact) mass is 370 g/mol. The minimum atomic E-state index is -0.673. The maximum atomic E-state index is 12.4. The highest BCUT2D eigenvalue weighted by Crippen LogP contribution is 2.29. The fourth-order valence-corrected chi connectivity index (χ4v) is 2.92. The number of pyridine rings is 1. The molecule has 1 saturated heterocycles. The van der Waals surface area contributed by atoms with Crippen LogP contribution in [0, 0.1) is 0 Å². The summed E-state index contributed by atoms with van der Waals surface area (Å²) in [6.45, 7) is 2.20. The molecule has 0 saturated carbocycles. The molecule has 0 bridgehead atoms. The van der Waals surface area contributed by atoms with Gasteiger partial charge in [-0.25, -0.2) is 4.98 Å². The van der Waals surface area contributed by atoms with Crippen molar-refractivity contribution in [2.24, 2.45) is 0 Å². The molecule has 0 unspecified atom stereocenters. The Morgan fingerprint density at radius 3 is 2.37 bits per heavy atom. The first-order valence-corrected chi connectivity index (χ1v) is 8.60. The van der Waals surface area contributed by atoms with Gasteiger partial charge in [0.2, 0.25) is 0 Å². The first-order chi connectivity index (χ1) is 13.1. The third-order valence-corrected chi connectivity index (χ3v) is 4.38. The minimum Gasteiger partial charge on any atom is -0.493 e. The van der Waals surface area contributed by atoms with E-state index in [2.05, 4.69) is 15.2 Å². The van der Waals surface area contributed by atoms with Crippen LogP contribution in [0.2, 0.25) is 0 Å². The number of hydrogen-bond acceptors (Lipinski definition) is 6. The summed E-state index contributed by atoms with van der Waals surface area (Å²) < 4.78 is 10.4. The summed E-state index contributed by atoms with van der Waals surface area (Å²) in [6.07, 6.45) is 1.74. The van der Waals surface area contributed by atoms with Crippen LogP contribution in [0.25, 0.3) is 0 Å². The zero-order valence-electron chi connectivity index (χ0n) is 15.3. The Balaban J connectivity index is 1.58. The molecule has 1 aliphatic heterocycles. The van der Waals surface area contributed by atoms with Gasteiger partial charge in [-0.3, -0.25) is 9.59 Å². The summed E-state index contributed by atoms with van der Waals surface area (Å²) in [5.74, 6) is 0.678. The number of benzene rings is 1. The van der Waals surface area contributed by atoms with Gasteiger partial charge in [0.15, 0.2) is 11.5 Å². The molecule has 1 aromatic carbocycles. The number of nitrogens with zero attached hydrogens (tertiary/aromatic N) is 3. The molecule has 8 nitrogen and oxygen atoms in total. The lowest BCUT2D eigenvalue weighted by atomic mass is 10.2. The van der Waals surface area contributed by atoms with Gasteiger partial charge in [-0.05, 0) is 24.3 Å². The summed E-state index contributed by atoms with van der Waals surface area (Å²) in [6, 6.07) is 10.7. The molecule has 3 rings (SSSR count). The molecule has 1 aliphatic rings. The van der Waals surface area contributed by atoms with Gasteiger partial charge < -0.3 is 24.6 Å². The van der Waals surface area contributed by atoms with Gasteiger partial charge in [-0.2, -0.15) is 0 Å². The Morgan fingerprint density at radius 2 is 1.74 bits per heavy atom.